The van der Waals surface area contributed by atoms with Crippen LogP contribution in [0.5, 0.6) is 0 Å². The lowest BCUT2D eigenvalue weighted by molar-refractivity contribution is 0.102. The molecular weight excluding hydrogens is 274 g/mol. The van der Waals surface area contributed by atoms with Crippen LogP contribution in [0.4, 0.5) is 14.5 Å². The second kappa shape index (κ2) is 5.28. The molecule has 3 aromatic rings. The Morgan fingerprint density at radius 2 is 1.67 bits per heavy atom. The number of hydrogen-bond acceptors (Lipinski definition) is 2. The Labute approximate surface area is 119 Å². The van der Waals surface area contributed by atoms with Gasteiger partial charge < -0.3 is 5.32 Å². The molecule has 0 saturated heterocycles. The molecule has 0 radical (unpaired) electrons. The number of pyridine rings is 1. The van der Waals surface area contributed by atoms with Gasteiger partial charge >= 0.3 is 0 Å². The zero-order valence-corrected chi connectivity index (χ0v) is 10.8. The molecule has 0 aliphatic rings. The maximum absolute atomic E-state index is 13.1. The van der Waals surface area contributed by atoms with Crippen LogP contribution in [-0.2, 0) is 0 Å². The van der Waals surface area contributed by atoms with Crippen LogP contribution in [0.25, 0.3) is 10.9 Å². The number of carbonyl (C=O) groups excluding carboxylic acids is 1. The van der Waals surface area contributed by atoms with Gasteiger partial charge in [-0.2, -0.15) is 0 Å². The number of para-hydroxylation sites is 1. The van der Waals surface area contributed by atoms with Crippen molar-refractivity contribution in [2.24, 2.45) is 0 Å². The molecule has 0 unspecified atom stereocenters. The third-order valence-electron chi connectivity index (χ3n) is 2.95. The van der Waals surface area contributed by atoms with Gasteiger partial charge in [0.2, 0.25) is 0 Å². The lowest BCUT2D eigenvalue weighted by Gasteiger charge is -2.06. The molecule has 0 spiro atoms. The Morgan fingerprint density at radius 1 is 0.952 bits per heavy atom. The van der Waals surface area contributed by atoms with E-state index in [9.17, 15) is 13.6 Å². The summed E-state index contributed by atoms with van der Waals surface area (Å²) in [5, 5.41) is 3.33. The number of benzene rings is 2. The summed E-state index contributed by atoms with van der Waals surface area (Å²) in [4.78, 5) is 16.3. The first-order chi connectivity index (χ1) is 10.1. The van der Waals surface area contributed by atoms with Crippen molar-refractivity contribution in [1.29, 1.82) is 0 Å². The van der Waals surface area contributed by atoms with Crippen LogP contribution in [-0.4, -0.2) is 10.9 Å². The standard InChI is InChI=1S/C16H10F2N2O/c17-11-7-12(18)9-13(8-11)19-16(21)15-6-5-10-3-1-2-4-14(10)20-15/h1-9H,(H,19,21). The fourth-order valence-electron chi connectivity index (χ4n) is 2.01. The van der Waals surface area contributed by atoms with E-state index < -0.39 is 17.5 Å². The number of anilines is 1. The van der Waals surface area contributed by atoms with E-state index in [2.05, 4.69) is 10.3 Å². The zero-order valence-electron chi connectivity index (χ0n) is 10.8. The van der Waals surface area contributed by atoms with Gasteiger partial charge in [0.15, 0.2) is 0 Å². The van der Waals surface area contributed by atoms with Crippen molar-refractivity contribution in [3.8, 4) is 0 Å². The molecule has 1 aromatic heterocycles. The first-order valence-electron chi connectivity index (χ1n) is 6.25. The van der Waals surface area contributed by atoms with Crippen LogP contribution < -0.4 is 5.32 Å². The van der Waals surface area contributed by atoms with Gasteiger partial charge in [0.05, 0.1) is 5.52 Å². The van der Waals surface area contributed by atoms with Gasteiger partial charge in [-0.05, 0) is 24.3 Å². The maximum atomic E-state index is 13.1. The van der Waals surface area contributed by atoms with E-state index in [-0.39, 0.29) is 11.4 Å². The van der Waals surface area contributed by atoms with Crippen molar-refractivity contribution in [2.45, 2.75) is 0 Å². The Bertz CT molecular complexity index is 813. The Kier molecular flexibility index (Phi) is 3.31. The number of aromatic nitrogens is 1. The maximum Gasteiger partial charge on any atom is 0.274 e. The highest BCUT2D eigenvalue weighted by Gasteiger charge is 2.10. The number of carbonyl (C=O) groups is 1. The smallest absolute Gasteiger partial charge is 0.274 e. The van der Waals surface area contributed by atoms with Crippen LogP contribution in [0.2, 0.25) is 0 Å². The van der Waals surface area contributed by atoms with Crippen molar-refractivity contribution in [3.05, 3.63) is 71.9 Å². The van der Waals surface area contributed by atoms with Crippen molar-refractivity contribution in [2.75, 3.05) is 5.32 Å². The topological polar surface area (TPSA) is 42.0 Å². The lowest BCUT2D eigenvalue weighted by atomic mass is 10.2. The van der Waals surface area contributed by atoms with Crippen molar-refractivity contribution in [1.82, 2.24) is 4.98 Å². The third-order valence-corrected chi connectivity index (χ3v) is 2.95. The lowest BCUT2D eigenvalue weighted by Crippen LogP contribution is -2.14. The quantitative estimate of drug-likeness (QED) is 0.778. The average Bonchev–Trinajstić information content (AvgIpc) is 2.45. The average molecular weight is 284 g/mol. The fourth-order valence-corrected chi connectivity index (χ4v) is 2.01. The van der Waals surface area contributed by atoms with Crippen molar-refractivity contribution >= 4 is 22.5 Å². The molecule has 0 saturated carbocycles. The molecular formula is C16H10F2N2O. The summed E-state index contributed by atoms with van der Waals surface area (Å²) in [6, 6.07) is 13.5. The minimum atomic E-state index is -0.753. The van der Waals surface area contributed by atoms with E-state index in [1.54, 1.807) is 18.2 Å². The molecule has 5 heteroatoms. The summed E-state index contributed by atoms with van der Waals surface area (Å²) >= 11 is 0. The van der Waals surface area contributed by atoms with Gasteiger partial charge in [0.25, 0.3) is 5.91 Å². The minimum absolute atomic E-state index is 0.0486. The number of fused-ring (bicyclic) bond motifs is 1. The monoisotopic (exact) mass is 284 g/mol. The molecule has 2 aromatic carbocycles. The predicted octanol–water partition coefficient (Wildman–Crippen LogP) is 3.77. The summed E-state index contributed by atoms with van der Waals surface area (Å²) in [5.41, 5.74) is 0.904. The molecule has 1 amide bonds. The van der Waals surface area contributed by atoms with E-state index >= 15 is 0 Å². The number of nitrogens with one attached hydrogen (secondary N) is 1. The second-order valence-electron chi connectivity index (χ2n) is 4.50. The highest BCUT2D eigenvalue weighted by atomic mass is 19.1. The van der Waals surface area contributed by atoms with Crippen molar-refractivity contribution in [3.63, 3.8) is 0 Å². The number of nitrogens with zero attached hydrogens (tertiary/aromatic N) is 1. The Morgan fingerprint density at radius 3 is 2.43 bits per heavy atom. The predicted molar refractivity (Wildman–Crippen MR) is 76.1 cm³/mol. The molecule has 0 aliphatic heterocycles. The van der Waals surface area contributed by atoms with Crippen molar-refractivity contribution < 1.29 is 13.6 Å². The van der Waals surface area contributed by atoms with Gasteiger partial charge in [0, 0.05) is 17.1 Å². The van der Waals surface area contributed by atoms with Gasteiger partial charge in [-0.15, -0.1) is 0 Å². The van der Waals surface area contributed by atoms with Gasteiger partial charge in [-0.1, -0.05) is 24.3 Å². The summed E-state index contributed by atoms with van der Waals surface area (Å²) in [5.74, 6) is -2.03. The molecule has 1 heterocycles. The largest absolute Gasteiger partial charge is 0.320 e. The van der Waals surface area contributed by atoms with Crippen LogP contribution >= 0.6 is 0 Å². The number of hydrogen-bond donors (Lipinski definition) is 1. The summed E-state index contributed by atoms with van der Waals surface area (Å²) in [6.45, 7) is 0. The minimum Gasteiger partial charge on any atom is -0.320 e. The molecule has 3 rings (SSSR count). The number of rotatable bonds is 2. The molecule has 21 heavy (non-hydrogen) atoms. The van der Waals surface area contributed by atoms with Crippen LogP contribution in [0.15, 0.2) is 54.6 Å². The summed E-state index contributed by atoms with van der Waals surface area (Å²) in [7, 11) is 0. The van der Waals surface area contributed by atoms with Crippen LogP contribution in [0.3, 0.4) is 0 Å². The third kappa shape index (κ3) is 2.86. The first kappa shape index (κ1) is 13.2. The Hall–Kier alpha value is -2.82. The molecule has 104 valence electrons. The Balaban J connectivity index is 1.89. The van der Waals surface area contributed by atoms with Gasteiger partial charge in [-0.25, -0.2) is 13.8 Å². The first-order valence-corrected chi connectivity index (χ1v) is 6.25. The highest BCUT2D eigenvalue weighted by Crippen LogP contribution is 2.15. The van der Waals surface area contributed by atoms with E-state index in [1.165, 1.54) is 0 Å². The number of halogens is 2. The SMILES string of the molecule is O=C(Nc1cc(F)cc(F)c1)c1ccc2ccccc2n1. The van der Waals surface area contributed by atoms with E-state index in [0.29, 0.717) is 5.52 Å². The van der Waals surface area contributed by atoms with Gasteiger partial charge in [-0.3, -0.25) is 4.79 Å². The molecule has 3 nitrogen and oxygen atoms in total. The van der Waals surface area contributed by atoms with E-state index in [4.69, 9.17) is 0 Å². The fraction of sp³-hybridized carbons (Fsp3) is 0. The molecule has 0 fully saturated rings. The summed E-state index contributed by atoms with van der Waals surface area (Å²) < 4.78 is 26.2. The number of amides is 1. The van der Waals surface area contributed by atoms with E-state index in [0.717, 1.165) is 23.6 Å². The highest BCUT2D eigenvalue weighted by molar-refractivity contribution is 6.04. The van der Waals surface area contributed by atoms with Crippen LogP contribution in [0, 0.1) is 11.6 Å². The molecule has 0 atom stereocenters. The van der Waals surface area contributed by atoms with E-state index in [1.807, 2.05) is 18.2 Å². The molecule has 0 bridgehead atoms. The second-order valence-corrected chi connectivity index (χ2v) is 4.50. The molecule has 0 aliphatic carbocycles. The normalized spacial score (nSPS) is 10.6. The van der Waals surface area contributed by atoms with Crippen LogP contribution in [0.1, 0.15) is 10.5 Å². The summed E-state index contributed by atoms with van der Waals surface area (Å²) in [6.07, 6.45) is 0. The molecule has 1 N–H and O–H groups in total. The van der Waals surface area contributed by atoms with Gasteiger partial charge in [0.1, 0.15) is 17.3 Å². The zero-order chi connectivity index (χ0) is 14.8.